The second-order valence-electron chi connectivity index (χ2n) is 5.82. The highest BCUT2D eigenvalue weighted by Crippen LogP contribution is 2.20. The lowest BCUT2D eigenvalue weighted by Gasteiger charge is -2.15. The van der Waals surface area contributed by atoms with Gasteiger partial charge >= 0.3 is 0 Å². The summed E-state index contributed by atoms with van der Waals surface area (Å²) in [5.74, 6) is 0.933. The molecule has 0 radical (unpaired) electrons. The highest BCUT2D eigenvalue weighted by Gasteiger charge is 2.08. The fourth-order valence-corrected chi connectivity index (χ4v) is 2.17. The van der Waals surface area contributed by atoms with Crippen molar-refractivity contribution in [3.63, 3.8) is 0 Å². The summed E-state index contributed by atoms with van der Waals surface area (Å²) in [7, 11) is 0. The maximum absolute atomic E-state index is 6.00. The fourth-order valence-electron chi connectivity index (χ4n) is 2.17. The Morgan fingerprint density at radius 1 is 1.19 bits per heavy atom. The number of rotatable bonds is 7. The van der Waals surface area contributed by atoms with Crippen LogP contribution in [0.2, 0.25) is 0 Å². The van der Waals surface area contributed by atoms with E-state index in [1.807, 2.05) is 30.7 Å². The van der Waals surface area contributed by atoms with E-state index in [0.29, 0.717) is 18.7 Å². The molecular formula is C17H25N3O. The van der Waals surface area contributed by atoms with Crippen LogP contribution in [0.15, 0.2) is 36.8 Å². The standard InChI is InChI=1S/C17H25N3O/c1-13(2)19-9-15-7-5-6-8-17(15)21-11-16-10-18-12-20(16)14(3)4/h5-8,10,12-14,19H,9,11H2,1-4H3. The number of nitrogens with one attached hydrogen (secondary N) is 1. The van der Waals surface area contributed by atoms with Crippen LogP contribution in [0, 0.1) is 0 Å². The van der Waals surface area contributed by atoms with Crippen molar-refractivity contribution < 1.29 is 4.74 Å². The maximum atomic E-state index is 6.00. The van der Waals surface area contributed by atoms with E-state index in [4.69, 9.17) is 4.74 Å². The Morgan fingerprint density at radius 2 is 1.95 bits per heavy atom. The Bertz CT molecular complexity index is 561. The molecule has 0 aliphatic carbocycles. The zero-order valence-corrected chi connectivity index (χ0v) is 13.3. The van der Waals surface area contributed by atoms with Crippen LogP contribution in [0.1, 0.15) is 45.0 Å². The van der Waals surface area contributed by atoms with Gasteiger partial charge in [-0.1, -0.05) is 32.0 Å². The van der Waals surface area contributed by atoms with E-state index in [0.717, 1.165) is 18.0 Å². The van der Waals surface area contributed by atoms with E-state index in [2.05, 4.69) is 48.6 Å². The summed E-state index contributed by atoms with van der Waals surface area (Å²) in [6, 6.07) is 9.03. The van der Waals surface area contributed by atoms with Crippen LogP contribution in [0.4, 0.5) is 0 Å². The first-order chi connectivity index (χ1) is 10.1. The minimum atomic E-state index is 0.393. The number of ether oxygens (including phenoxy) is 1. The SMILES string of the molecule is CC(C)NCc1ccccc1OCc1cncn1C(C)C. The molecule has 0 aliphatic heterocycles. The minimum Gasteiger partial charge on any atom is -0.487 e. The van der Waals surface area contributed by atoms with E-state index in [-0.39, 0.29) is 0 Å². The molecule has 0 unspecified atom stereocenters. The van der Waals surface area contributed by atoms with Gasteiger partial charge in [0, 0.05) is 24.2 Å². The number of benzene rings is 1. The van der Waals surface area contributed by atoms with Gasteiger partial charge in [-0.25, -0.2) is 4.98 Å². The first kappa shape index (κ1) is 15.6. The molecule has 4 nitrogen and oxygen atoms in total. The molecular weight excluding hydrogens is 262 g/mol. The lowest BCUT2D eigenvalue weighted by Crippen LogP contribution is -2.22. The van der Waals surface area contributed by atoms with Gasteiger partial charge in [-0.3, -0.25) is 0 Å². The van der Waals surface area contributed by atoms with Crippen molar-refractivity contribution in [1.82, 2.24) is 14.9 Å². The van der Waals surface area contributed by atoms with E-state index >= 15 is 0 Å². The number of hydrogen-bond donors (Lipinski definition) is 1. The first-order valence-corrected chi connectivity index (χ1v) is 7.52. The van der Waals surface area contributed by atoms with E-state index in [9.17, 15) is 0 Å². The molecule has 0 saturated heterocycles. The second-order valence-corrected chi connectivity index (χ2v) is 5.82. The number of hydrogen-bond acceptors (Lipinski definition) is 3. The predicted octanol–water partition coefficient (Wildman–Crippen LogP) is 3.54. The molecule has 1 aromatic carbocycles. The topological polar surface area (TPSA) is 39.1 Å². The van der Waals surface area contributed by atoms with Gasteiger partial charge in [-0.15, -0.1) is 0 Å². The Kier molecular flexibility index (Phi) is 5.39. The number of aromatic nitrogens is 2. The molecule has 0 spiro atoms. The van der Waals surface area contributed by atoms with Crippen LogP contribution in [0.25, 0.3) is 0 Å². The van der Waals surface area contributed by atoms with Gasteiger partial charge in [0.1, 0.15) is 12.4 Å². The van der Waals surface area contributed by atoms with Crippen molar-refractivity contribution in [3.8, 4) is 5.75 Å². The van der Waals surface area contributed by atoms with Gasteiger partial charge in [-0.05, 0) is 19.9 Å². The van der Waals surface area contributed by atoms with Crippen molar-refractivity contribution in [2.24, 2.45) is 0 Å². The molecule has 0 fully saturated rings. The van der Waals surface area contributed by atoms with Crippen LogP contribution < -0.4 is 10.1 Å². The predicted molar refractivity (Wildman–Crippen MR) is 85.4 cm³/mol. The summed E-state index contributed by atoms with van der Waals surface area (Å²) in [6.07, 6.45) is 3.73. The summed E-state index contributed by atoms with van der Waals surface area (Å²) in [5.41, 5.74) is 2.28. The molecule has 0 bridgehead atoms. The molecule has 2 rings (SSSR count). The molecule has 1 heterocycles. The zero-order chi connectivity index (χ0) is 15.2. The summed E-state index contributed by atoms with van der Waals surface area (Å²) < 4.78 is 8.14. The van der Waals surface area contributed by atoms with Gasteiger partial charge in [-0.2, -0.15) is 0 Å². The monoisotopic (exact) mass is 287 g/mol. The molecule has 1 N–H and O–H groups in total. The Morgan fingerprint density at radius 3 is 2.67 bits per heavy atom. The molecule has 0 atom stereocenters. The lowest BCUT2D eigenvalue weighted by atomic mass is 10.2. The second kappa shape index (κ2) is 7.27. The Balaban J connectivity index is 2.04. The first-order valence-electron chi connectivity index (χ1n) is 7.52. The van der Waals surface area contributed by atoms with Crippen LogP contribution in [-0.4, -0.2) is 15.6 Å². The smallest absolute Gasteiger partial charge is 0.130 e. The largest absolute Gasteiger partial charge is 0.487 e. The quantitative estimate of drug-likeness (QED) is 0.846. The third-order valence-corrected chi connectivity index (χ3v) is 3.35. The lowest BCUT2D eigenvalue weighted by molar-refractivity contribution is 0.288. The zero-order valence-electron chi connectivity index (χ0n) is 13.3. The highest BCUT2D eigenvalue weighted by molar-refractivity contribution is 5.33. The number of para-hydroxylation sites is 1. The van der Waals surface area contributed by atoms with Crippen molar-refractivity contribution in [3.05, 3.63) is 48.0 Å². The molecule has 4 heteroatoms. The Hall–Kier alpha value is -1.81. The fraction of sp³-hybridized carbons (Fsp3) is 0.471. The van der Waals surface area contributed by atoms with E-state index in [1.165, 1.54) is 5.56 Å². The molecule has 0 amide bonds. The third kappa shape index (κ3) is 4.33. The number of imidazole rings is 1. The van der Waals surface area contributed by atoms with Crippen LogP contribution >= 0.6 is 0 Å². The summed E-state index contributed by atoms with van der Waals surface area (Å²) in [5, 5.41) is 3.43. The van der Waals surface area contributed by atoms with Crippen molar-refractivity contribution in [2.75, 3.05) is 0 Å². The summed E-state index contributed by atoms with van der Waals surface area (Å²) >= 11 is 0. The van der Waals surface area contributed by atoms with Gasteiger partial charge in [0.05, 0.1) is 18.2 Å². The molecule has 2 aromatic rings. The minimum absolute atomic E-state index is 0.393. The van der Waals surface area contributed by atoms with Crippen LogP contribution in [0.5, 0.6) is 5.75 Å². The molecule has 114 valence electrons. The van der Waals surface area contributed by atoms with Gasteiger partial charge in [0.15, 0.2) is 0 Å². The average molecular weight is 287 g/mol. The normalized spacial score (nSPS) is 11.3. The molecule has 1 aromatic heterocycles. The van der Waals surface area contributed by atoms with Gasteiger partial charge in [0.2, 0.25) is 0 Å². The summed E-state index contributed by atoms with van der Waals surface area (Å²) in [4.78, 5) is 4.21. The maximum Gasteiger partial charge on any atom is 0.130 e. The average Bonchev–Trinajstić information content (AvgIpc) is 2.92. The summed E-state index contributed by atoms with van der Waals surface area (Å²) in [6.45, 7) is 9.93. The van der Waals surface area contributed by atoms with Crippen molar-refractivity contribution in [1.29, 1.82) is 0 Å². The van der Waals surface area contributed by atoms with Gasteiger partial charge < -0.3 is 14.6 Å². The third-order valence-electron chi connectivity index (χ3n) is 3.35. The molecule has 0 aliphatic rings. The highest BCUT2D eigenvalue weighted by atomic mass is 16.5. The van der Waals surface area contributed by atoms with Crippen LogP contribution in [-0.2, 0) is 13.2 Å². The van der Waals surface area contributed by atoms with E-state index < -0.39 is 0 Å². The Labute approximate surface area is 127 Å². The molecule has 0 saturated carbocycles. The van der Waals surface area contributed by atoms with Crippen molar-refractivity contribution in [2.45, 2.75) is 52.9 Å². The molecule has 21 heavy (non-hydrogen) atoms. The number of nitrogens with zero attached hydrogens (tertiary/aromatic N) is 2. The van der Waals surface area contributed by atoms with Crippen LogP contribution in [0.3, 0.4) is 0 Å². The van der Waals surface area contributed by atoms with Gasteiger partial charge in [0.25, 0.3) is 0 Å². The van der Waals surface area contributed by atoms with E-state index in [1.54, 1.807) is 0 Å². The van der Waals surface area contributed by atoms with Crippen molar-refractivity contribution >= 4 is 0 Å².